The standard InChI is InChI=1S/C26H20ClF6N3OS/c1-24(17-6-4-3-5-7-17)15-35(34-22(24)16-8-13-20(21(27)14-16)26(31,32)33)23(37)36(38-2)19-11-9-18(10-12-19)25(28,29)30/h3-14H,15H2,1-2H3. The van der Waals surface area contributed by atoms with Gasteiger partial charge in [-0.25, -0.2) is 14.1 Å². The van der Waals surface area contributed by atoms with E-state index >= 15 is 0 Å². The van der Waals surface area contributed by atoms with Crippen LogP contribution in [0.25, 0.3) is 0 Å². The maximum Gasteiger partial charge on any atom is 0.417 e. The fraction of sp³-hybridized carbons (Fsp3) is 0.231. The highest BCUT2D eigenvalue weighted by atomic mass is 35.5. The summed E-state index contributed by atoms with van der Waals surface area (Å²) in [6.45, 7) is 1.84. The van der Waals surface area contributed by atoms with Crippen molar-refractivity contribution < 1.29 is 31.1 Å². The van der Waals surface area contributed by atoms with Crippen molar-refractivity contribution in [1.29, 1.82) is 0 Å². The van der Waals surface area contributed by atoms with Crippen molar-refractivity contribution in [1.82, 2.24) is 5.01 Å². The molecule has 38 heavy (non-hydrogen) atoms. The highest BCUT2D eigenvalue weighted by Gasteiger charge is 2.44. The number of hydrogen-bond acceptors (Lipinski definition) is 3. The molecule has 3 aromatic rings. The van der Waals surface area contributed by atoms with Crippen LogP contribution < -0.4 is 4.31 Å². The third-order valence-electron chi connectivity index (χ3n) is 6.17. The molecular weight excluding hydrogens is 552 g/mol. The van der Waals surface area contributed by atoms with Crippen molar-refractivity contribution in [3.05, 3.63) is 100 Å². The van der Waals surface area contributed by atoms with Gasteiger partial charge < -0.3 is 0 Å². The molecule has 0 aliphatic carbocycles. The summed E-state index contributed by atoms with van der Waals surface area (Å²) in [5, 5.41) is 5.15. The number of carbonyl (C=O) groups is 1. The zero-order valence-electron chi connectivity index (χ0n) is 19.9. The monoisotopic (exact) mass is 571 g/mol. The largest absolute Gasteiger partial charge is 0.417 e. The van der Waals surface area contributed by atoms with Gasteiger partial charge in [-0.05, 0) is 60.8 Å². The van der Waals surface area contributed by atoms with Crippen molar-refractivity contribution in [2.75, 3.05) is 17.1 Å². The molecule has 0 fully saturated rings. The summed E-state index contributed by atoms with van der Waals surface area (Å²) < 4.78 is 80.0. The number of benzene rings is 3. The maximum atomic E-state index is 13.5. The van der Waals surface area contributed by atoms with E-state index in [2.05, 4.69) is 5.10 Å². The number of alkyl halides is 6. The molecule has 1 aliphatic heterocycles. The van der Waals surface area contributed by atoms with Crippen LogP contribution in [-0.4, -0.2) is 29.6 Å². The van der Waals surface area contributed by atoms with Gasteiger partial charge in [0.05, 0.1) is 39.5 Å². The first kappa shape index (κ1) is 27.8. The molecule has 0 saturated heterocycles. The average molecular weight is 572 g/mol. The molecule has 0 N–H and O–H groups in total. The number of hydrazone groups is 1. The number of nitrogens with zero attached hydrogens (tertiary/aromatic N) is 3. The van der Waals surface area contributed by atoms with Gasteiger partial charge >= 0.3 is 18.4 Å². The van der Waals surface area contributed by atoms with E-state index in [0.29, 0.717) is 11.3 Å². The van der Waals surface area contributed by atoms with Gasteiger partial charge in [-0.15, -0.1) is 0 Å². The number of carbonyl (C=O) groups excluding carboxylic acids is 1. The Kier molecular flexibility index (Phi) is 7.46. The molecule has 200 valence electrons. The van der Waals surface area contributed by atoms with E-state index in [9.17, 15) is 31.1 Å². The second-order valence-electron chi connectivity index (χ2n) is 8.70. The lowest BCUT2D eigenvalue weighted by molar-refractivity contribution is -0.138. The van der Waals surface area contributed by atoms with Crippen LogP contribution >= 0.6 is 23.5 Å². The first-order valence-corrected chi connectivity index (χ1v) is 12.7. The lowest BCUT2D eigenvalue weighted by Crippen LogP contribution is -2.41. The van der Waals surface area contributed by atoms with Crippen LogP contribution in [0.5, 0.6) is 0 Å². The van der Waals surface area contributed by atoms with E-state index in [1.54, 1.807) is 24.5 Å². The predicted octanol–water partition coefficient (Wildman–Crippen LogP) is 8.26. The number of halogens is 7. The summed E-state index contributed by atoms with van der Waals surface area (Å²) in [5.74, 6) is 0. The van der Waals surface area contributed by atoms with Gasteiger partial charge in [0, 0.05) is 11.8 Å². The Morgan fingerprint density at radius 1 is 0.974 bits per heavy atom. The Labute approximate surface area is 224 Å². The minimum Gasteiger partial charge on any atom is -0.245 e. The normalized spacial score (nSPS) is 17.9. The molecule has 0 spiro atoms. The van der Waals surface area contributed by atoms with E-state index in [1.165, 1.54) is 28.6 Å². The lowest BCUT2D eigenvalue weighted by atomic mass is 9.76. The molecule has 1 unspecified atom stereocenters. The van der Waals surface area contributed by atoms with E-state index in [1.807, 2.05) is 19.1 Å². The molecule has 1 heterocycles. The predicted molar refractivity (Wildman–Crippen MR) is 136 cm³/mol. The third-order valence-corrected chi connectivity index (χ3v) is 7.22. The molecule has 0 aromatic heterocycles. The molecule has 3 aromatic carbocycles. The molecule has 2 amide bonds. The van der Waals surface area contributed by atoms with Crippen molar-refractivity contribution in [2.24, 2.45) is 5.10 Å². The minimum atomic E-state index is -4.64. The van der Waals surface area contributed by atoms with Gasteiger partial charge in [0.25, 0.3) is 0 Å². The highest BCUT2D eigenvalue weighted by Crippen LogP contribution is 2.40. The van der Waals surface area contributed by atoms with Crippen molar-refractivity contribution in [2.45, 2.75) is 24.7 Å². The second-order valence-corrected chi connectivity index (χ2v) is 9.84. The summed E-state index contributed by atoms with van der Waals surface area (Å²) in [7, 11) is 0. The Morgan fingerprint density at radius 3 is 2.13 bits per heavy atom. The topological polar surface area (TPSA) is 35.9 Å². The van der Waals surface area contributed by atoms with E-state index in [0.717, 1.165) is 40.7 Å². The Balaban J connectivity index is 1.74. The Morgan fingerprint density at radius 2 is 1.61 bits per heavy atom. The number of urea groups is 1. The molecule has 1 aliphatic rings. The van der Waals surface area contributed by atoms with Crippen LogP contribution in [0.15, 0.2) is 77.9 Å². The SMILES string of the molecule is CSN(C(=O)N1CC(C)(c2ccccc2)C(c2ccc(C(F)(F)F)c(Cl)c2)=N1)c1ccc(C(F)(F)F)cc1. The summed E-state index contributed by atoms with van der Waals surface area (Å²) >= 11 is 6.96. The van der Waals surface area contributed by atoms with Crippen LogP contribution in [0.1, 0.15) is 29.2 Å². The molecule has 12 heteroatoms. The van der Waals surface area contributed by atoms with E-state index < -0.39 is 39.9 Å². The molecule has 0 radical (unpaired) electrons. The van der Waals surface area contributed by atoms with Gasteiger partial charge in [0.1, 0.15) is 0 Å². The smallest absolute Gasteiger partial charge is 0.245 e. The first-order valence-electron chi connectivity index (χ1n) is 11.1. The number of hydrogen-bond donors (Lipinski definition) is 0. The highest BCUT2D eigenvalue weighted by molar-refractivity contribution is 8.00. The Hall–Kier alpha value is -3.18. The van der Waals surface area contributed by atoms with Gasteiger partial charge in [-0.2, -0.15) is 31.4 Å². The fourth-order valence-electron chi connectivity index (χ4n) is 4.24. The summed E-state index contributed by atoms with van der Waals surface area (Å²) in [6.07, 6.45) is -7.58. The third kappa shape index (κ3) is 5.35. The number of anilines is 1. The van der Waals surface area contributed by atoms with Gasteiger partial charge in [-0.1, -0.05) is 48.0 Å². The van der Waals surface area contributed by atoms with Crippen LogP contribution in [-0.2, 0) is 17.8 Å². The van der Waals surface area contributed by atoms with Gasteiger partial charge in [0.2, 0.25) is 0 Å². The lowest BCUT2D eigenvalue weighted by Gasteiger charge is -2.29. The molecule has 4 rings (SSSR count). The average Bonchev–Trinajstić information content (AvgIpc) is 3.22. The van der Waals surface area contributed by atoms with Crippen LogP contribution in [0.3, 0.4) is 0 Å². The van der Waals surface area contributed by atoms with Crippen molar-refractivity contribution in [3.8, 4) is 0 Å². The Bertz CT molecular complexity index is 1360. The summed E-state index contributed by atoms with van der Waals surface area (Å²) in [4.78, 5) is 13.5. The molecule has 0 bridgehead atoms. The second kappa shape index (κ2) is 10.2. The minimum absolute atomic E-state index is 0.0293. The number of amides is 2. The molecule has 0 saturated carbocycles. The zero-order chi connectivity index (χ0) is 27.9. The molecular formula is C26H20ClF6N3OS. The zero-order valence-corrected chi connectivity index (χ0v) is 21.5. The first-order chi connectivity index (χ1) is 17.8. The summed E-state index contributed by atoms with van der Waals surface area (Å²) in [5.41, 5.74) is -1.19. The summed E-state index contributed by atoms with van der Waals surface area (Å²) in [6, 6.07) is 15.8. The van der Waals surface area contributed by atoms with Crippen molar-refractivity contribution in [3.63, 3.8) is 0 Å². The maximum absolute atomic E-state index is 13.5. The van der Waals surface area contributed by atoms with E-state index in [-0.39, 0.29) is 12.2 Å². The quantitative estimate of drug-likeness (QED) is 0.233. The van der Waals surface area contributed by atoms with E-state index in [4.69, 9.17) is 11.6 Å². The molecule has 4 nitrogen and oxygen atoms in total. The van der Waals surface area contributed by atoms with Crippen molar-refractivity contribution >= 4 is 41.0 Å². The van der Waals surface area contributed by atoms with Crippen LogP contribution in [0, 0.1) is 0 Å². The van der Waals surface area contributed by atoms with Crippen LogP contribution in [0.2, 0.25) is 5.02 Å². The molecule has 1 atom stereocenters. The van der Waals surface area contributed by atoms with Gasteiger partial charge in [-0.3, -0.25) is 0 Å². The van der Waals surface area contributed by atoms with Crippen LogP contribution in [0.4, 0.5) is 36.8 Å². The number of rotatable bonds is 4. The van der Waals surface area contributed by atoms with Gasteiger partial charge in [0.15, 0.2) is 0 Å². The fourth-order valence-corrected chi connectivity index (χ4v) is 5.11.